The van der Waals surface area contributed by atoms with Gasteiger partial charge in [-0.2, -0.15) is 5.10 Å². The van der Waals surface area contributed by atoms with Crippen LogP contribution in [0.25, 0.3) is 0 Å². The van der Waals surface area contributed by atoms with E-state index in [1.807, 2.05) is 12.1 Å². The molecule has 6 heteroatoms. The van der Waals surface area contributed by atoms with Gasteiger partial charge in [-0.1, -0.05) is 27.5 Å². The third-order valence-corrected chi connectivity index (χ3v) is 3.06. The van der Waals surface area contributed by atoms with E-state index in [1.165, 1.54) is 0 Å². The molecule has 4 nitrogen and oxygen atoms in total. The fourth-order valence-corrected chi connectivity index (χ4v) is 1.87. The topological polar surface area (TPSA) is 46.9 Å². The van der Waals surface area contributed by atoms with Gasteiger partial charge >= 0.3 is 0 Å². The molecule has 1 aromatic carbocycles. The number of aromatic nitrogens is 2. The minimum atomic E-state index is -0.0965. The standard InChI is InChI=1S/C12H11BrClN3O/c13-10-3-1-9(2-4-10)12(18)15-5-6-17-8-11(14)7-16-17/h1-4,7-8H,5-6H2,(H,15,18). The minimum Gasteiger partial charge on any atom is -0.350 e. The Morgan fingerprint density at radius 2 is 2.11 bits per heavy atom. The molecule has 0 spiro atoms. The third kappa shape index (κ3) is 3.58. The highest BCUT2D eigenvalue weighted by atomic mass is 79.9. The van der Waals surface area contributed by atoms with Crippen LogP contribution < -0.4 is 5.32 Å². The highest BCUT2D eigenvalue weighted by Crippen LogP contribution is 2.10. The Morgan fingerprint density at radius 1 is 1.39 bits per heavy atom. The number of rotatable bonds is 4. The predicted molar refractivity (Wildman–Crippen MR) is 73.7 cm³/mol. The van der Waals surface area contributed by atoms with Crippen molar-refractivity contribution in [3.63, 3.8) is 0 Å². The summed E-state index contributed by atoms with van der Waals surface area (Å²) in [7, 11) is 0. The highest BCUT2D eigenvalue weighted by Gasteiger charge is 2.04. The fourth-order valence-electron chi connectivity index (χ4n) is 1.45. The van der Waals surface area contributed by atoms with Crippen molar-refractivity contribution in [1.82, 2.24) is 15.1 Å². The van der Waals surface area contributed by atoms with Crippen LogP contribution in [0.2, 0.25) is 5.02 Å². The number of nitrogens with zero attached hydrogens (tertiary/aromatic N) is 2. The minimum absolute atomic E-state index is 0.0965. The molecule has 0 atom stereocenters. The van der Waals surface area contributed by atoms with Crippen molar-refractivity contribution >= 4 is 33.4 Å². The zero-order valence-electron chi connectivity index (χ0n) is 9.44. The number of hydrogen-bond acceptors (Lipinski definition) is 2. The Labute approximate surface area is 118 Å². The number of amides is 1. The van der Waals surface area contributed by atoms with Gasteiger partial charge in [0.15, 0.2) is 0 Å². The summed E-state index contributed by atoms with van der Waals surface area (Å²) < 4.78 is 2.63. The summed E-state index contributed by atoms with van der Waals surface area (Å²) in [6, 6.07) is 7.21. The maximum absolute atomic E-state index is 11.8. The molecule has 0 unspecified atom stereocenters. The Morgan fingerprint density at radius 3 is 2.72 bits per heavy atom. The van der Waals surface area contributed by atoms with E-state index in [0.717, 1.165) is 4.47 Å². The van der Waals surface area contributed by atoms with Gasteiger partial charge in [-0.15, -0.1) is 0 Å². The van der Waals surface area contributed by atoms with Gasteiger partial charge < -0.3 is 5.32 Å². The van der Waals surface area contributed by atoms with Gasteiger partial charge in [0.1, 0.15) is 0 Å². The predicted octanol–water partition coefficient (Wildman–Crippen LogP) is 2.73. The van der Waals surface area contributed by atoms with E-state index in [1.54, 1.807) is 29.2 Å². The lowest BCUT2D eigenvalue weighted by atomic mass is 10.2. The zero-order chi connectivity index (χ0) is 13.0. The second-order valence-electron chi connectivity index (χ2n) is 3.68. The number of nitrogens with one attached hydrogen (secondary N) is 1. The normalized spacial score (nSPS) is 10.3. The molecule has 0 aliphatic heterocycles. The molecule has 0 aliphatic carbocycles. The van der Waals surface area contributed by atoms with Gasteiger partial charge in [0, 0.05) is 22.8 Å². The van der Waals surface area contributed by atoms with Crippen LogP contribution in [0, 0.1) is 0 Å². The molecule has 0 saturated carbocycles. The number of carbonyl (C=O) groups is 1. The van der Waals surface area contributed by atoms with Crippen LogP contribution >= 0.6 is 27.5 Å². The van der Waals surface area contributed by atoms with Crippen LogP contribution in [-0.2, 0) is 6.54 Å². The van der Waals surface area contributed by atoms with Crippen LogP contribution in [0.15, 0.2) is 41.1 Å². The summed E-state index contributed by atoms with van der Waals surface area (Å²) >= 11 is 9.06. The Hall–Kier alpha value is -1.33. The summed E-state index contributed by atoms with van der Waals surface area (Å²) in [5.74, 6) is -0.0965. The molecular weight excluding hydrogens is 318 g/mol. The van der Waals surface area contributed by atoms with E-state index in [9.17, 15) is 4.79 Å². The van der Waals surface area contributed by atoms with Crippen LogP contribution in [0.5, 0.6) is 0 Å². The Bertz CT molecular complexity index is 539. The van der Waals surface area contributed by atoms with Crippen LogP contribution in [0.4, 0.5) is 0 Å². The van der Waals surface area contributed by atoms with Crippen molar-refractivity contribution < 1.29 is 4.79 Å². The maximum Gasteiger partial charge on any atom is 0.251 e. The van der Waals surface area contributed by atoms with E-state index in [-0.39, 0.29) is 5.91 Å². The first-order chi connectivity index (χ1) is 8.65. The first kappa shape index (κ1) is 13.1. The highest BCUT2D eigenvalue weighted by molar-refractivity contribution is 9.10. The van der Waals surface area contributed by atoms with Crippen molar-refractivity contribution in [2.24, 2.45) is 0 Å². The molecule has 2 aromatic rings. The van der Waals surface area contributed by atoms with Gasteiger partial charge in [0.2, 0.25) is 0 Å². The second kappa shape index (κ2) is 6.02. The quantitative estimate of drug-likeness (QED) is 0.938. The molecule has 1 heterocycles. The summed E-state index contributed by atoms with van der Waals surface area (Å²) in [4.78, 5) is 11.8. The molecule has 94 valence electrons. The van der Waals surface area contributed by atoms with Crippen molar-refractivity contribution in [2.75, 3.05) is 6.54 Å². The van der Waals surface area contributed by atoms with E-state index < -0.39 is 0 Å². The van der Waals surface area contributed by atoms with Gasteiger partial charge in [-0.3, -0.25) is 9.48 Å². The van der Waals surface area contributed by atoms with Crippen LogP contribution in [0.1, 0.15) is 10.4 Å². The number of halogens is 2. The Balaban J connectivity index is 1.83. The summed E-state index contributed by atoms with van der Waals surface area (Å²) in [6.07, 6.45) is 3.28. The van der Waals surface area contributed by atoms with Crippen molar-refractivity contribution in [2.45, 2.75) is 6.54 Å². The molecular formula is C12H11BrClN3O. The molecule has 0 aliphatic rings. The lowest BCUT2D eigenvalue weighted by Gasteiger charge is -2.05. The lowest BCUT2D eigenvalue weighted by molar-refractivity contribution is 0.0952. The summed E-state index contributed by atoms with van der Waals surface area (Å²) in [5.41, 5.74) is 0.636. The van der Waals surface area contributed by atoms with Crippen LogP contribution in [0.3, 0.4) is 0 Å². The van der Waals surface area contributed by atoms with E-state index in [4.69, 9.17) is 11.6 Å². The molecule has 0 fully saturated rings. The van der Waals surface area contributed by atoms with Gasteiger partial charge in [0.25, 0.3) is 5.91 Å². The molecule has 1 N–H and O–H groups in total. The van der Waals surface area contributed by atoms with E-state index in [2.05, 4.69) is 26.3 Å². The third-order valence-electron chi connectivity index (χ3n) is 2.33. The van der Waals surface area contributed by atoms with Gasteiger partial charge in [-0.25, -0.2) is 0 Å². The number of carbonyl (C=O) groups excluding carboxylic acids is 1. The van der Waals surface area contributed by atoms with Crippen molar-refractivity contribution in [3.8, 4) is 0 Å². The molecule has 0 bridgehead atoms. The number of benzene rings is 1. The molecule has 18 heavy (non-hydrogen) atoms. The first-order valence-corrected chi connectivity index (χ1v) is 6.54. The SMILES string of the molecule is O=C(NCCn1cc(Cl)cn1)c1ccc(Br)cc1. The smallest absolute Gasteiger partial charge is 0.251 e. The summed E-state index contributed by atoms with van der Waals surface area (Å²) in [6.45, 7) is 1.10. The average Bonchev–Trinajstić information content (AvgIpc) is 2.76. The van der Waals surface area contributed by atoms with Crippen molar-refractivity contribution in [3.05, 3.63) is 51.7 Å². The second-order valence-corrected chi connectivity index (χ2v) is 5.04. The molecule has 0 saturated heterocycles. The average molecular weight is 329 g/mol. The fraction of sp³-hybridized carbons (Fsp3) is 0.167. The lowest BCUT2D eigenvalue weighted by Crippen LogP contribution is -2.27. The summed E-state index contributed by atoms with van der Waals surface area (Å²) in [5, 5.41) is 7.43. The largest absolute Gasteiger partial charge is 0.350 e. The van der Waals surface area contributed by atoms with E-state index >= 15 is 0 Å². The molecule has 1 aromatic heterocycles. The van der Waals surface area contributed by atoms with Gasteiger partial charge in [-0.05, 0) is 24.3 Å². The Kier molecular flexibility index (Phi) is 4.38. The van der Waals surface area contributed by atoms with Crippen molar-refractivity contribution in [1.29, 1.82) is 0 Å². The molecule has 0 radical (unpaired) electrons. The molecule has 1 amide bonds. The molecule has 2 rings (SSSR count). The van der Waals surface area contributed by atoms with E-state index in [0.29, 0.717) is 23.7 Å². The maximum atomic E-state index is 11.8. The monoisotopic (exact) mass is 327 g/mol. The van der Waals surface area contributed by atoms with Gasteiger partial charge in [0.05, 0.1) is 17.8 Å². The first-order valence-electron chi connectivity index (χ1n) is 5.37. The zero-order valence-corrected chi connectivity index (χ0v) is 11.8. The van der Waals surface area contributed by atoms with Crippen LogP contribution in [-0.4, -0.2) is 22.2 Å². The number of hydrogen-bond donors (Lipinski definition) is 1.